The number of ether oxygens (including phenoxy) is 1. The number of aromatic nitrogens is 3. The molecule has 0 aliphatic carbocycles. The highest BCUT2D eigenvalue weighted by atomic mass is 16.5. The Labute approximate surface area is 146 Å². The zero-order valence-corrected chi connectivity index (χ0v) is 14.1. The third-order valence-corrected chi connectivity index (χ3v) is 6.25. The Balaban J connectivity index is 1.40. The lowest BCUT2D eigenvalue weighted by Gasteiger charge is -2.50. The van der Waals surface area contributed by atoms with E-state index in [1.807, 2.05) is 12.3 Å². The average Bonchev–Trinajstić information content (AvgIpc) is 3.16. The first kappa shape index (κ1) is 13.8. The maximum Gasteiger partial charge on any atom is 0.298 e. The standard InChI is InChI=1S/C20H20N4O/c1-2-15(11-21-7-1)14-3-4-18-17(10-14)22-19-24(18)13-20(25-19)12-23-8-5-16(20)6-9-23/h1-4,7,10-11,16H,5-6,8-9,12-13H2/t20-/m0/s1. The van der Waals surface area contributed by atoms with Gasteiger partial charge in [0, 0.05) is 30.4 Å². The maximum atomic E-state index is 6.50. The molecule has 126 valence electrons. The van der Waals surface area contributed by atoms with Gasteiger partial charge in [0.1, 0.15) is 5.60 Å². The number of hydrogen-bond acceptors (Lipinski definition) is 4. The topological polar surface area (TPSA) is 43.2 Å². The van der Waals surface area contributed by atoms with E-state index >= 15 is 0 Å². The van der Waals surface area contributed by atoms with E-state index in [0.717, 1.165) is 35.7 Å². The molecule has 25 heavy (non-hydrogen) atoms. The van der Waals surface area contributed by atoms with Crippen molar-refractivity contribution in [1.82, 2.24) is 19.4 Å². The summed E-state index contributed by atoms with van der Waals surface area (Å²) in [5.74, 6) is 0.670. The van der Waals surface area contributed by atoms with Gasteiger partial charge in [0.25, 0.3) is 6.01 Å². The van der Waals surface area contributed by atoms with Crippen molar-refractivity contribution in [3.05, 3.63) is 42.7 Å². The molecule has 1 atom stereocenters. The van der Waals surface area contributed by atoms with Gasteiger partial charge >= 0.3 is 0 Å². The number of nitrogens with zero attached hydrogens (tertiary/aromatic N) is 4. The fourth-order valence-electron chi connectivity index (χ4n) is 4.95. The molecule has 3 aromatic rings. The molecule has 1 aromatic carbocycles. The lowest BCUT2D eigenvalue weighted by molar-refractivity contribution is -0.0831. The Hall–Kier alpha value is -2.40. The zero-order valence-electron chi connectivity index (χ0n) is 14.1. The van der Waals surface area contributed by atoms with Gasteiger partial charge in [-0.25, -0.2) is 0 Å². The van der Waals surface area contributed by atoms with Gasteiger partial charge in [-0.1, -0.05) is 12.1 Å². The van der Waals surface area contributed by atoms with Crippen molar-refractivity contribution < 1.29 is 4.74 Å². The van der Waals surface area contributed by atoms with E-state index in [-0.39, 0.29) is 5.60 Å². The summed E-state index contributed by atoms with van der Waals surface area (Å²) in [6, 6.07) is 11.3. The lowest BCUT2D eigenvalue weighted by atomic mass is 9.75. The Morgan fingerprint density at radius 3 is 2.76 bits per heavy atom. The monoisotopic (exact) mass is 332 g/mol. The van der Waals surface area contributed by atoms with Crippen molar-refractivity contribution in [2.45, 2.75) is 25.0 Å². The molecule has 0 unspecified atom stereocenters. The molecule has 0 N–H and O–H groups in total. The van der Waals surface area contributed by atoms with Gasteiger partial charge in [-0.3, -0.25) is 14.5 Å². The Kier molecular flexibility index (Phi) is 2.67. The second kappa shape index (κ2) is 4.82. The number of pyridine rings is 1. The SMILES string of the molecule is c1cncc(-c2ccc3c(c2)nc2n3C[C@]3(CN4CCC3CC4)O2)c1. The fourth-order valence-corrected chi connectivity index (χ4v) is 4.95. The second-order valence-electron chi connectivity index (χ2n) is 7.64. The van der Waals surface area contributed by atoms with Crippen molar-refractivity contribution in [1.29, 1.82) is 0 Å². The molecule has 3 fully saturated rings. The normalized spacial score (nSPS) is 29.9. The van der Waals surface area contributed by atoms with Crippen LogP contribution in [0.2, 0.25) is 0 Å². The van der Waals surface area contributed by atoms with Crippen LogP contribution in [0.15, 0.2) is 42.7 Å². The lowest BCUT2D eigenvalue weighted by Crippen LogP contribution is -2.61. The molecule has 1 spiro atoms. The van der Waals surface area contributed by atoms with E-state index in [4.69, 9.17) is 9.72 Å². The molecule has 5 nitrogen and oxygen atoms in total. The molecule has 2 aromatic heterocycles. The highest BCUT2D eigenvalue weighted by Gasteiger charge is 2.53. The Morgan fingerprint density at radius 2 is 2.00 bits per heavy atom. The van der Waals surface area contributed by atoms with Crippen molar-refractivity contribution in [3.63, 3.8) is 0 Å². The van der Waals surface area contributed by atoms with E-state index < -0.39 is 0 Å². The van der Waals surface area contributed by atoms with Gasteiger partial charge in [0.05, 0.1) is 17.6 Å². The van der Waals surface area contributed by atoms with Crippen LogP contribution in [-0.2, 0) is 6.54 Å². The van der Waals surface area contributed by atoms with E-state index in [1.165, 1.54) is 31.4 Å². The van der Waals surface area contributed by atoms with Crippen LogP contribution in [0.3, 0.4) is 0 Å². The fraction of sp³-hybridized carbons (Fsp3) is 0.400. The van der Waals surface area contributed by atoms with Crippen molar-refractivity contribution in [2.24, 2.45) is 5.92 Å². The first-order valence-electron chi connectivity index (χ1n) is 9.13. The van der Waals surface area contributed by atoms with E-state index in [2.05, 4.69) is 38.7 Å². The summed E-state index contributed by atoms with van der Waals surface area (Å²) in [6.45, 7) is 4.45. The molecule has 0 amide bonds. The van der Waals surface area contributed by atoms with Crippen molar-refractivity contribution in [3.8, 4) is 17.1 Å². The van der Waals surface area contributed by atoms with Gasteiger partial charge in [-0.2, -0.15) is 4.98 Å². The molecule has 4 aliphatic rings. The molecule has 3 saturated heterocycles. The number of hydrogen-bond donors (Lipinski definition) is 0. The highest BCUT2D eigenvalue weighted by Crippen LogP contribution is 2.45. The van der Waals surface area contributed by atoms with E-state index in [9.17, 15) is 0 Å². The van der Waals surface area contributed by atoms with Crippen molar-refractivity contribution in [2.75, 3.05) is 19.6 Å². The van der Waals surface area contributed by atoms with Crippen LogP contribution >= 0.6 is 0 Å². The maximum absolute atomic E-state index is 6.50. The number of rotatable bonds is 1. The minimum absolute atomic E-state index is 0.0466. The Bertz CT molecular complexity index is 958. The molecule has 4 aliphatic heterocycles. The molecule has 0 radical (unpaired) electrons. The third kappa shape index (κ3) is 1.93. The number of benzene rings is 1. The van der Waals surface area contributed by atoms with Crippen LogP contribution in [-0.4, -0.2) is 44.7 Å². The van der Waals surface area contributed by atoms with Gasteiger partial charge in [-0.15, -0.1) is 0 Å². The predicted octanol–water partition coefficient (Wildman–Crippen LogP) is 2.96. The van der Waals surface area contributed by atoms with Crippen molar-refractivity contribution >= 4 is 11.0 Å². The van der Waals surface area contributed by atoms with Gasteiger partial charge in [-0.05, 0) is 49.7 Å². The molecular weight excluding hydrogens is 312 g/mol. The van der Waals surface area contributed by atoms with E-state index in [0.29, 0.717) is 5.92 Å². The Morgan fingerprint density at radius 1 is 1.08 bits per heavy atom. The summed E-state index contributed by atoms with van der Waals surface area (Å²) in [4.78, 5) is 11.6. The number of fused-ring (bicyclic) bond motifs is 5. The van der Waals surface area contributed by atoms with Gasteiger partial charge in [0.15, 0.2) is 0 Å². The van der Waals surface area contributed by atoms with Gasteiger partial charge < -0.3 is 4.74 Å². The second-order valence-corrected chi connectivity index (χ2v) is 7.64. The quantitative estimate of drug-likeness (QED) is 0.687. The molecule has 5 heteroatoms. The zero-order chi connectivity index (χ0) is 16.4. The minimum Gasteiger partial charge on any atom is -0.454 e. The van der Waals surface area contributed by atoms with Crippen LogP contribution in [0.25, 0.3) is 22.2 Å². The van der Waals surface area contributed by atoms with Gasteiger partial charge in [0.2, 0.25) is 0 Å². The van der Waals surface area contributed by atoms with Crippen LogP contribution < -0.4 is 4.74 Å². The smallest absolute Gasteiger partial charge is 0.298 e. The first-order valence-corrected chi connectivity index (χ1v) is 9.13. The summed E-state index contributed by atoms with van der Waals surface area (Å²) >= 11 is 0. The molecule has 7 rings (SSSR count). The molecule has 6 heterocycles. The van der Waals surface area contributed by atoms with Crippen LogP contribution in [0.1, 0.15) is 12.8 Å². The summed E-state index contributed by atoms with van der Waals surface area (Å²) in [5.41, 5.74) is 4.40. The summed E-state index contributed by atoms with van der Waals surface area (Å²) in [6.07, 6.45) is 6.21. The van der Waals surface area contributed by atoms with Crippen LogP contribution in [0.5, 0.6) is 6.01 Å². The summed E-state index contributed by atoms with van der Waals surface area (Å²) in [7, 11) is 0. The first-order chi connectivity index (χ1) is 12.3. The number of piperidine rings is 3. The van der Waals surface area contributed by atoms with E-state index in [1.54, 1.807) is 6.20 Å². The molecular formula is C20H20N4O. The molecule has 0 saturated carbocycles. The molecule has 2 bridgehead atoms. The largest absolute Gasteiger partial charge is 0.454 e. The predicted molar refractivity (Wildman–Crippen MR) is 95.5 cm³/mol. The average molecular weight is 332 g/mol. The minimum atomic E-state index is -0.0466. The summed E-state index contributed by atoms with van der Waals surface area (Å²) in [5, 5.41) is 0. The number of imidazole rings is 1. The summed E-state index contributed by atoms with van der Waals surface area (Å²) < 4.78 is 8.78. The van der Waals surface area contributed by atoms with Crippen LogP contribution in [0.4, 0.5) is 0 Å². The third-order valence-electron chi connectivity index (χ3n) is 6.25. The highest BCUT2D eigenvalue weighted by molar-refractivity contribution is 5.83. The van der Waals surface area contributed by atoms with Crippen LogP contribution in [0, 0.1) is 5.92 Å².